The Hall–Kier alpha value is -1.23. The summed E-state index contributed by atoms with van der Waals surface area (Å²) in [5.74, 6) is -0.142. The number of hydrogen-bond acceptors (Lipinski definition) is 2. The van der Waals surface area contributed by atoms with Crippen LogP contribution >= 0.6 is 0 Å². The minimum Gasteiger partial charge on any atom is -0.493 e. The third-order valence-corrected chi connectivity index (χ3v) is 4.54. The molecule has 0 unspecified atom stereocenters. The van der Waals surface area contributed by atoms with Crippen LogP contribution < -0.4 is 10.1 Å². The molecular weight excluding hydrogens is 279 g/mol. The fourth-order valence-corrected chi connectivity index (χ4v) is 3.24. The summed E-state index contributed by atoms with van der Waals surface area (Å²) in [7, 11) is 0. The Bertz CT molecular complexity index is 493. The Balaban J connectivity index is 1.48. The maximum Gasteiger partial charge on any atom is 0.391 e. The zero-order valence-corrected chi connectivity index (χ0v) is 11.9. The summed E-state index contributed by atoms with van der Waals surface area (Å²) in [6.07, 6.45) is -1.36. The van der Waals surface area contributed by atoms with Gasteiger partial charge in [0.2, 0.25) is 0 Å². The van der Waals surface area contributed by atoms with Gasteiger partial charge in [-0.25, -0.2) is 0 Å². The molecular formula is C16H20F3NO. The SMILES string of the molecule is FC(F)(F)C1CCC(NCc2ccc3c(c2)CCO3)CC1. The molecule has 1 aromatic rings. The molecule has 2 nitrogen and oxygen atoms in total. The molecule has 0 saturated heterocycles. The van der Waals surface area contributed by atoms with E-state index >= 15 is 0 Å². The molecule has 3 rings (SSSR count). The van der Waals surface area contributed by atoms with Crippen molar-refractivity contribution in [3.63, 3.8) is 0 Å². The second-order valence-corrected chi connectivity index (χ2v) is 6.01. The van der Waals surface area contributed by atoms with Crippen molar-refractivity contribution in [3.05, 3.63) is 29.3 Å². The number of hydrogen-bond donors (Lipinski definition) is 1. The summed E-state index contributed by atoms with van der Waals surface area (Å²) in [6, 6.07) is 6.35. The Morgan fingerprint density at radius 3 is 2.62 bits per heavy atom. The van der Waals surface area contributed by atoms with E-state index in [0.29, 0.717) is 19.4 Å². The number of alkyl halides is 3. The molecule has 1 aromatic carbocycles. The summed E-state index contributed by atoms with van der Waals surface area (Å²) >= 11 is 0. The van der Waals surface area contributed by atoms with Crippen molar-refractivity contribution >= 4 is 0 Å². The fourth-order valence-electron chi connectivity index (χ4n) is 3.24. The van der Waals surface area contributed by atoms with Gasteiger partial charge in [0.05, 0.1) is 12.5 Å². The van der Waals surface area contributed by atoms with E-state index in [1.807, 2.05) is 12.1 Å². The molecule has 1 heterocycles. The third-order valence-electron chi connectivity index (χ3n) is 4.54. The monoisotopic (exact) mass is 299 g/mol. The number of benzene rings is 1. The molecule has 1 aliphatic heterocycles. The number of ether oxygens (including phenoxy) is 1. The smallest absolute Gasteiger partial charge is 0.391 e. The van der Waals surface area contributed by atoms with Crippen LogP contribution in [0.2, 0.25) is 0 Å². The average molecular weight is 299 g/mol. The summed E-state index contributed by atoms with van der Waals surface area (Å²) in [5.41, 5.74) is 2.41. The number of fused-ring (bicyclic) bond motifs is 1. The van der Waals surface area contributed by atoms with Gasteiger partial charge in [0.25, 0.3) is 0 Å². The molecule has 0 radical (unpaired) electrons. The second kappa shape index (κ2) is 5.87. The van der Waals surface area contributed by atoms with Gasteiger partial charge in [-0.05, 0) is 42.9 Å². The first-order chi connectivity index (χ1) is 10.0. The van der Waals surface area contributed by atoms with Crippen molar-refractivity contribution in [3.8, 4) is 5.75 Å². The molecule has 0 bridgehead atoms. The lowest BCUT2D eigenvalue weighted by Gasteiger charge is -2.30. The third kappa shape index (κ3) is 3.51. The van der Waals surface area contributed by atoms with Crippen LogP contribution in [-0.2, 0) is 13.0 Å². The molecule has 2 aliphatic rings. The highest BCUT2D eigenvalue weighted by atomic mass is 19.4. The largest absolute Gasteiger partial charge is 0.493 e. The van der Waals surface area contributed by atoms with E-state index in [0.717, 1.165) is 18.8 Å². The van der Waals surface area contributed by atoms with Crippen LogP contribution in [-0.4, -0.2) is 18.8 Å². The van der Waals surface area contributed by atoms with Crippen LogP contribution in [0.4, 0.5) is 13.2 Å². The Morgan fingerprint density at radius 2 is 1.90 bits per heavy atom. The predicted molar refractivity (Wildman–Crippen MR) is 74.3 cm³/mol. The quantitative estimate of drug-likeness (QED) is 0.916. The molecule has 1 N–H and O–H groups in total. The van der Waals surface area contributed by atoms with Gasteiger partial charge < -0.3 is 10.1 Å². The van der Waals surface area contributed by atoms with E-state index in [1.54, 1.807) is 0 Å². The fraction of sp³-hybridized carbons (Fsp3) is 0.625. The standard InChI is InChI=1S/C16H20F3NO/c17-16(18,19)13-2-4-14(5-3-13)20-10-11-1-6-15-12(9-11)7-8-21-15/h1,6,9,13-14,20H,2-5,7-8,10H2. The number of nitrogens with one attached hydrogen (secondary N) is 1. The highest BCUT2D eigenvalue weighted by Crippen LogP contribution is 2.37. The van der Waals surface area contributed by atoms with Crippen molar-refractivity contribution in [2.75, 3.05) is 6.61 Å². The molecule has 0 amide bonds. The lowest BCUT2D eigenvalue weighted by Crippen LogP contribution is -2.36. The predicted octanol–water partition coefficient (Wildman–Crippen LogP) is 3.83. The zero-order valence-electron chi connectivity index (χ0n) is 11.9. The van der Waals surface area contributed by atoms with Crippen molar-refractivity contribution < 1.29 is 17.9 Å². The van der Waals surface area contributed by atoms with Gasteiger partial charge in [0.15, 0.2) is 0 Å². The van der Waals surface area contributed by atoms with E-state index in [1.165, 1.54) is 11.1 Å². The van der Waals surface area contributed by atoms with Gasteiger partial charge in [-0.2, -0.15) is 13.2 Å². The molecule has 0 aromatic heterocycles. The van der Waals surface area contributed by atoms with Gasteiger partial charge in [0.1, 0.15) is 5.75 Å². The minimum absolute atomic E-state index is 0.202. The molecule has 5 heteroatoms. The molecule has 21 heavy (non-hydrogen) atoms. The van der Waals surface area contributed by atoms with Crippen LogP contribution in [0.1, 0.15) is 36.8 Å². The second-order valence-electron chi connectivity index (χ2n) is 6.01. The van der Waals surface area contributed by atoms with Gasteiger partial charge >= 0.3 is 6.18 Å². The highest BCUT2D eigenvalue weighted by Gasteiger charge is 2.41. The van der Waals surface area contributed by atoms with E-state index in [-0.39, 0.29) is 18.9 Å². The van der Waals surface area contributed by atoms with Crippen LogP contribution in [0.3, 0.4) is 0 Å². The van der Waals surface area contributed by atoms with Gasteiger partial charge in [0, 0.05) is 19.0 Å². The Morgan fingerprint density at radius 1 is 1.14 bits per heavy atom. The van der Waals surface area contributed by atoms with Crippen LogP contribution in [0, 0.1) is 5.92 Å². The molecule has 0 atom stereocenters. The van der Waals surface area contributed by atoms with Crippen molar-refractivity contribution in [1.82, 2.24) is 5.32 Å². The normalized spacial score (nSPS) is 25.5. The van der Waals surface area contributed by atoms with Crippen LogP contribution in [0.5, 0.6) is 5.75 Å². The van der Waals surface area contributed by atoms with Crippen LogP contribution in [0.15, 0.2) is 18.2 Å². The Kier molecular flexibility index (Phi) is 4.11. The lowest BCUT2D eigenvalue weighted by atomic mass is 9.85. The van der Waals surface area contributed by atoms with Crippen molar-refractivity contribution in [2.45, 2.75) is 50.9 Å². The summed E-state index contributed by atoms with van der Waals surface area (Å²) < 4.78 is 43.3. The summed E-state index contributed by atoms with van der Waals surface area (Å²) in [4.78, 5) is 0. The zero-order chi connectivity index (χ0) is 14.9. The first-order valence-corrected chi connectivity index (χ1v) is 7.57. The van der Waals surface area contributed by atoms with Crippen LogP contribution in [0.25, 0.3) is 0 Å². The first-order valence-electron chi connectivity index (χ1n) is 7.57. The van der Waals surface area contributed by atoms with E-state index in [9.17, 15) is 13.2 Å². The maximum atomic E-state index is 12.6. The Labute approximate surface area is 122 Å². The van der Waals surface area contributed by atoms with Crippen molar-refractivity contribution in [1.29, 1.82) is 0 Å². The van der Waals surface area contributed by atoms with Gasteiger partial charge in [-0.15, -0.1) is 0 Å². The average Bonchev–Trinajstić information content (AvgIpc) is 2.92. The molecule has 1 aliphatic carbocycles. The topological polar surface area (TPSA) is 21.3 Å². The highest BCUT2D eigenvalue weighted by molar-refractivity contribution is 5.39. The summed E-state index contributed by atoms with van der Waals surface area (Å²) in [6.45, 7) is 1.46. The minimum atomic E-state index is -4.02. The van der Waals surface area contributed by atoms with Gasteiger partial charge in [-0.3, -0.25) is 0 Å². The summed E-state index contributed by atoms with van der Waals surface area (Å²) in [5, 5.41) is 3.39. The van der Waals surface area contributed by atoms with E-state index < -0.39 is 12.1 Å². The number of halogens is 3. The molecule has 116 valence electrons. The number of rotatable bonds is 3. The van der Waals surface area contributed by atoms with Gasteiger partial charge in [-0.1, -0.05) is 12.1 Å². The maximum absolute atomic E-state index is 12.6. The van der Waals surface area contributed by atoms with E-state index in [4.69, 9.17) is 4.74 Å². The van der Waals surface area contributed by atoms with Crippen molar-refractivity contribution in [2.24, 2.45) is 5.92 Å². The lowest BCUT2D eigenvalue weighted by molar-refractivity contribution is -0.182. The molecule has 1 saturated carbocycles. The van der Waals surface area contributed by atoms with E-state index in [2.05, 4.69) is 11.4 Å². The first kappa shape index (κ1) is 14.7. The molecule has 1 fully saturated rings. The molecule has 0 spiro atoms.